The molecule has 2 aromatic rings. The molecule has 21 heavy (non-hydrogen) atoms. The summed E-state index contributed by atoms with van der Waals surface area (Å²) in [6, 6.07) is 7.51. The van der Waals surface area contributed by atoms with E-state index in [-0.39, 0.29) is 5.91 Å². The minimum atomic E-state index is -0.0867. The fraction of sp³-hybridized carbons (Fsp3) is 0.214. The van der Waals surface area contributed by atoms with Gasteiger partial charge in [0, 0.05) is 17.8 Å². The number of nitrogens with one attached hydrogen (secondary N) is 1. The number of hydrogen-bond donors (Lipinski definition) is 1. The highest BCUT2D eigenvalue weighted by atomic mass is 35.5. The summed E-state index contributed by atoms with van der Waals surface area (Å²) in [5.74, 6) is 0.506. The first kappa shape index (κ1) is 14.2. The molecule has 0 fully saturated rings. The second-order valence-corrected chi connectivity index (χ2v) is 5.73. The Hall–Kier alpha value is -1.79. The summed E-state index contributed by atoms with van der Waals surface area (Å²) in [5.41, 5.74) is 1.41. The number of amides is 1. The van der Waals surface area contributed by atoms with Gasteiger partial charge >= 0.3 is 0 Å². The van der Waals surface area contributed by atoms with Gasteiger partial charge in [-0.05, 0) is 17.9 Å². The normalized spacial score (nSPS) is 13.8. The topological polar surface area (TPSA) is 58.1 Å². The maximum Gasteiger partial charge on any atom is 0.260 e. The molecule has 108 valence electrons. The van der Waals surface area contributed by atoms with Crippen molar-refractivity contribution in [1.82, 2.24) is 14.9 Å². The predicted octanol–water partition coefficient (Wildman–Crippen LogP) is 2.88. The van der Waals surface area contributed by atoms with Crippen LogP contribution in [0.2, 0.25) is 5.02 Å². The molecule has 1 aliphatic heterocycles. The van der Waals surface area contributed by atoms with Gasteiger partial charge in [-0.1, -0.05) is 41.6 Å². The van der Waals surface area contributed by atoms with Gasteiger partial charge in [0.2, 0.25) is 0 Å². The Kier molecular flexibility index (Phi) is 3.98. The van der Waals surface area contributed by atoms with E-state index < -0.39 is 0 Å². The van der Waals surface area contributed by atoms with E-state index in [1.165, 1.54) is 11.8 Å². The van der Waals surface area contributed by atoms with Gasteiger partial charge < -0.3 is 10.2 Å². The quantitative estimate of drug-likeness (QED) is 0.696. The summed E-state index contributed by atoms with van der Waals surface area (Å²) in [6.07, 6.45) is 3.47. The zero-order chi connectivity index (χ0) is 14.8. The van der Waals surface area contributed by atoms with Crippen LogP contribution in [0.3, 0.4) is 0 Å². The van der Waals surface area contributed by atoms with Crippen molar-refractivity contribution in [2.75, 3.05) is 18.2 Å². The van der Waals surface area contributed by atoms with Gasteiger partial charge in [-0.3, -0.25) is 4.79 Å². The molecule has 5 nitrogen and oxygen atoms in total. The number of hydrogen-bond acceptors (Lipinski definition) is 5. The zero-order valence-corrected chi connectivity index (χ0v) is 12.9. The summed E-state index contributed by atoms with van der Waals surface area (Å²) >= 11 is 7.59. The lowest BCUT2D eigenvalue weighted by atomic mass is 10.1. The van der Waals surface area contributed by atoms with Crippen molar-refractivity contribution in [3.63, 3.8) is 0 Å². The molecule has 1 aliphatic rings. The first-order valence-corrected chi connectivity index (χ1v) is 7.97. The molecule has 0 radical (unpaired) electrons. The summed E-state index contributed by atoms with van der Waals surface area (Å²) in [6.45, 7) is 0.858. The molecule has 1 aromatic carbocycles. The summed E-state index contributed by atoms with van der Waals surface area (Å²) in [7, 11) is 0. The molecule has 7 heteroatoms. The molecule has 0 spiro atoms. The molecule has 0 unspecified atom stereocenters. The van der Waals surface area contributed by atoms with Crippen LogP contribution in [0.1, 0.15) is 15.9 Å². The lowest BCUT2D eigenvalue weighted by Gasteiger charge is -2.29. The molecule has 0 saturated heterocycles. The molecule has 0 bridgehead atoms. The van der Waals surface area contributed by atoms with E-state index in [4.69, 9.17) is 11.6 Å². The third kappa shape index (κ3) is 2.82. The Bertz CT molecular complexity index is 694. The third-order valence-electron chi connectivity index (χ3n) is 3.22. The maximum atomic E-state index is 12.5. The van der Waals surface area contributed by atoms with Crippen molar-refractivity contribution in [3.05, 3.63) is 46.6 Å². The Morgan fingerprint density at radius 2 is 2.24 bits per heavy atom. The van der Waals surface area contributed by atoms with E-state index in [1.54, 1.807) is 11.1 Å². The van der Waals surface area contributed by atoms with Crippen molar-refractivity contribution < 1.29 is 4.79 Å². The average molecular weight is 321 g/mol. The van der Waals surface area contributed by atoms with Gasteiger partial charge in [-0.2, -0.15) is 0 Å². The second kappa shape index (κ2) is 5.91. The van der Waals surface area contributed by atoms with Crippen molar-refractivity contribution in [1.29, 1.82) is 0 Å². The minimum absolute atomic E-state index is 0.0867. The van der Waals surface area contributed by atoms with E-state index >= 15 is 0 Å². The number of carbonyl (C=O) groups excluding carboxylic acids is 1. The van der Waals surface area contributed by atoms with Gasteiger partial charge in [0.1, 0.15) is 11.4 Å². The lowest BCUT2D eigenvalue weighted by Crippen LogP contribution is -2.40. The van der Waals surface area contributed by atoms with E-state index in [1.807, 2.05) is 30.5 Å². The standard InChI is InChI=1S/C14H13ClN4OS/c1-21-14-16-6-10-12(18-14)17-8-19(13(10)20)7-9-4-2-3-5-11(9)15/h2-6H,7-8H2,1H3,(H,16,17,18). The molecule has 0 atom stereocenters. The van der Waals surface area contributed by atoms with E-state index in [2.05, 4.69) is 15.3 Å². The molecular formula is C14H13ClN4OS. The smallest absolute Gasteiger partial charge is 0.260 e. The fourth-order valence-electron chi connectivity index (χ4n) is 2.13. The zero-order valence-electron chi connectivity index (χ0n) is 11.3. The number of halogens is 1. The fourth-order valence-corrected chi connectivity index (χ4v) is 2.66. The first-order valence-electron chi connectivity index (χ1n) is 6.36. The molecule has 1 amide bonds. The summed E-state index contributed by atoms with van der Waals surface area (Å²) in [5, 5.41) is 4.46. The van der Waals surface area contributed by atoms with Crippen molar-refractivity contribution in [3.8, 4) is 0 Å². The van der Waals surface area contributed by atoms with Gasteiger partial charge in [-0.25, -0.2) is 9.97 Å². The molecule has 0 saturated carbocycles. The summed E-state index contributed by atoms with van der Waals surface area (Å²) < 4.78 is 0. The highest BCUT2D eigenvalue weighted by molar-refractivity contribution is 7.98. The van der Waals surface area contributed by atoms with Crippen LogP contribution < -0.4 is 5.32 Å². The SMILES string of the molecule is CSc1ncc2c(n1)NCN(Cc1ccccc1Cl)C2=O. The number of fused-ring (bicyclic) bond motifs is 1. The van der Waals surface area contributed by atoms with Crippen LogP contribution in [0.25, 0.3) is 0 Å². The number of rotatable bonds is 3. The van der Waals surface area contributed by atoms with Crippen LogP contribution >= 0.6 is 23.4 Å². The highest BCUT2D eigenvalue weighted by Crippen LogP contribution is 2.24. The van der Waals surface area contributed by atoms with Gasteiger partial charge in [0.25, 0.3) is 5.91 Å². The van der Waals surface area contributed by atoms with Crippen LogP contribution in [-0.4, -0.2) is 33.7 Å². The maximum absolute atomic E-state index is 12.5. The van der Waals surface area contributed by atoms with E-state index in [0.717, 1.165) is 5.56 Å². The van der Waals surface area contributed by atoms with Crippen molar-refractivity contribution in [2.24, 2.45) is 0 Å². The number of benzene rings is 1. The number of thioether (sulfide) groups is 1. The molecule has 2 heterocycles. The molecule has 3 rings (SSSR count). The third-order valence-corrected chi connectivity index (χ3v) is 4.15. The predicted molar refractivity (Wildman–Crippen MR) is 83.6 cm³/mol. The second-order valence-electron chi connectivity index (χ2n) is 4.55. The van der Waals surface area contributed by atoms with E-state index in [9.17, 15) is 4.79 Å². The van der Waals surface area contributed by atoms with E-state index in [0.29, 0.717) is 34.8 Å². The average Bonchev–Trinajstić information content (AvgIpc) is 2.51. The Morgan fingerprint density at radius 1 is 1.43 bits per heavy atom. The highest BCUT2D eigenvalue weighted by Gasteiger charge is 2.26. The van der Waals surface area contributed by atoms with Crippen molar-refractivity contribution >= 4 is 35.1 Å². The Labute approximate surface area is 131 Å². The largest absolute Gasteiger partial charge is 0.352 e. The van der Waals surface area contributed by atoms with Crippen LogP contribution in [0, 0.1) is 0 Å². The van der Waals surface area contributed by atoms with Crippen LogP contribution in [0.5, 0.6) is 0 Å². The number of anilines is 1. The monoisotopic (exact) mass is 320 g/mol. The number of nitrogens with zero attached hydrogens (tertiary/aromatic N) is 3. The first-order chi connectivity index (χ1) is 10.2. The molecule has 0 aliphatic carbocycles. The minimum Gasteiger partial charge on any atom is -0.352 e. The van der Waals surface area contributed by atoms with Gasteiger partial charge in [0.15, 0.2) is 5.16 Å². The number of carbonyl (C=O) groups is 1. The van der Waals surface area contributed by atoms with Gasteiger partial charge in [0.05, 0.1) is 6.67 Å². The van der Waals surface area contributed by atoms with Gasteiger partial charge in [-0.15, -0.1) is 0 Å². The molecule has 1 N–H and O–H groups in total. The Morgan fingerprint density at radius 3 is 3.00 bits per heavy atom. The Balaban J connectivity index is 1.84. The van der Waals surface area contributed by atoms with Crippen molar-refractivity contribution in [2.45, 2.75) is 11.7 Å². The lowest BCUT2D eigenvalue weighted by molar-refractivity contribution is 0.0744. The molecular weight excluding hydrogens is 308 g/mol. The summed E-state index contributed by atoms with van der Waals surface area (Å²) in [4.78, 5) is 22.6. The number of aromatic nitrogens is 2. The molecule has 1 aromatic heterocycles. The van der Waals surface area contributed by atoms with Crippen LogP contribution in [0.15, 0.2) is 35.6 Å². The van der Waals surface area contributed by atoms with Crippen LogP contribution in [0.4, 0.5) is 5.82 Å². The van der Waals surface area contributed by atoms with Crippen LogP contribution in [-0.2, 0) is 6.54 Å².